The van der Waals surface area contributed by atoms with Gasteiger partial charge in [-0.05, 0) is 74.6 Å². The Morgan fingerprint density at radius 2 is 1.67 bits per heavy atom. The van der Waals surface area contributed by atoms with E-state index in [0.717, 1.165) is 16.2 Å². The first kappa shape index (κ1) is 32.5. The zero-order valence-electron chi connectivity index (χ0n) is 25.0. The fraction of sp³-hybridized carbons (Fsp3) is 0.400. The molecule has 12 heteroatoms. The second kappa shape index (κ2) is 12.9. The molecule has 11 nitrogen and oxygen atoms in total. The summed E-state index contributed by atoms with van der Waals surface area (Å²) in [5, 5.41) is 13.3. The number of pyridine rings is 2. The molecule has 1 amide bonds. The van der Waals surface area contributed by atoms with E-state index in [9.17, 15) is 23.1 Å². The Kier molecular flexibility index (Phi) is 9.95. The number of amides is 1. The minimum atomic E-state index is -4.03. The SMILES string of the molecule is CNc1ccc(CC(NS(=O)(=O)c2cccnc2)c2cccc(N(C(=O)OC(C)(C)C)C(C(=O)O)C(C)(C)C)n2)cc1. The number of nitrogens with one attached hydrogen (secondary N) is 2. The fourth-order valence-corrected chi connectivity index (χ4v) is 5.46. The molecule has 0 aliphatic heterocycles. The van der Waals surface area contributed by atoms with Crippen LogP contribution >= 0.6 is 0 Å². The summed E-state index contributed by atoms with van der Waals surface area (Å²) in [5.41, 5.74) is 0.180. The molecule has 0 bridgehead atoms. The lowest BCUT2D eigenvalue weighted by Crippen LogP contribution is -2.54. The summed E-state index contributed by atoms with van der Waals surface area (Å²) < 4.78 is 35.1. The molecular formula is C30H39N5O6S. The first-order valence-electron chi connectivity index (χ1n) is 13.4. The molecule has 0 spiro atoms. The van der Waals surface area contributed by atoms with Crippen molar-refractivity contribution < 1.29 is 27.9 Å². The maximum absolute atomic E-state index is 13.5. The summed E-state index contributed by atoms with van der Waals surface area (Å²) in [4.78, 5) is 35.6. The van der Waals surface area contributed by atoms with E-state index in [1.165, 1.54) is 30.6 Å². The molecule has 0 saturated heterocycles. The third-order valence-electron chi connectivity index (χ3n) is 6.19. The van der Waals surface area contributed by atoms with E-state index in [4.69, 9.17) is 4.74 Å². The number of hydrogen-bond donors (Lipinski definition) is 3. The quantitative estimate of drug-likeness (QED) is 0.293. The van der Waals surface area contributed by atoms with Gasteiger partial charge in [0.25, 0.3) is 0 Å². The number of sulfonamides is 1. The highest BCUT2D eigenvalue weighted by Gasteiger charge is 2.42. The average molecular weight is 598 g/mol. The molecule has 1 aromatic carbocycles. The number of aliphatic carboxylic acids is 1. The van der Waals surface area contributed by atoms with Crippen LogP contribution in [0.15, 0.2) is 71.9 Å². The van der Waals surface area contributed by atoms with Gasteiger partial charge in [-0.1, -0.05) is 39.0 Å². The molecule has 2 atom stereocenters. The van der Waals surface area contributed by atoms with E-state index in [0.29, 0.717) is 0 Å². The largest absolute Gasteiger partial charge is 0.480 e. The molecular weight excluding hydrogens is 558 g/mol. The van der Waals surface area contributed by atoms with Gasteiger partial charge in [-0.2, -0.15) is 0 Å². The maximum Gasteiger partial charge on any atom is 0.416 e. The normalized spacial score (nSPS) is 13.6. The van der Waals surface area contributed by atoms with E-state index in [-0.39, 0.29) is 22.8 Å². The Labute approximate surface area is 247 Å². The van der Waals surface area contributed by atoms with Crippen LogP contribution in [0.1, 0.15) is 58.8 Å². The summed E-state index contributed by atoms with van der Waals surface area (Å²) in [6, 6.07) is 13.0. The summed E-state index contributed by atoms with van der Waals surface area (Å²) in [7, 11) is -2.23. The van der Waals surface area contributed by atoms with Crippen molar-refractivity contribution in [1.82, 2.24) is 14.7 Å². The van der Waals surface area contributed by atoms with Gasteiger partial charge in [0.05, 0.1) is 11.7 Å². The lowest BCUT2D eigenvalue weighted by molar-refractivity contribution is -0.141. The Morgan fingerprint density at radius 1 is 1.00 bits per heavy atom. The summed E-state index contributed by atoms with van der Waals surface area (Å²) in [5.74, 6) is -1.22. The van der Waals surface area contributed by atoms with E-state index in [2.05, 4.69) is 20.0 Å². The number of benzene rings is 1. The maximum atomic E-state index is 13.5. The molecule has 3 N–H and O–H groups in total. The predicted molar refractivity (Wildman–Crippen MR) is 161 cm³/mol. The van der Waals surface area contributed by atoms with Crippen molar-refractivity contribution in [1.29, 1.82) is 0 Å². The number of carbonyl (C=O) groups is 2. The summed E-state index contributed by atoms with van der Waals surface area (Å²) in [6.07, 6.45) is 2.05. The monoisotopic (exact) mass is 597 g/mol. The zero-order chi connectivity index (χ0) is 31.3. The molecule has 0 aliphatic rings. The smallest absolute Gasteiger partial charge is 0.416 e. The molecule has 0 radical (unpaired) electrons. The van der Waals surface area contributed by atoms with Gasteiger partial charge in [-0.15, -0.1) is 0 Å². The number of anilines is 2. The van der Waals surface area contributed by atoms with E-state index in [1.54, 1.807) is 60.7 Å². The molecule has 0 fully saturated rings. The third-order valence-corrected chi connectivity index (χ3v) is 7.64. The van der Waals surface area contributed by atoms with Crippen molar-refractivity contribution >= 4 is 33.6 Å². The van der Waals surface area contributed by atoms with Crippen LogP contribution in [-0.2, 0) is 26.0 Å². The lowest BCUT2D eigenvalue weighted by Gasteiger charge is -2.37. The molecule has 2 heterocycles. The van der Waals surface area contributed by atoms with Gasteiger partial charge in [-0.25, -0.2) is 32.6 Å². The van der Waals surface area contributed by atoms with E-state index < -0.39 is 45.2 Å². The molecule has 0 aliphatic carbocycles. The van der Waals surface area contributed by atoms with Gasteiger partial charge in [0, 0.05) is 25.1 Å². The molecule has 3 aromatic rings. The van der Waals surface area contributed by atoms with Crippen molar-refractivity contribution in [3.63, 3.8) is 0 Å². The van der Waals surface area contributed by atoms with Crippen molar-refractivity contribution in [3.05, 3.63) is 78.2 Å². The second-order valence-corrected chi connectivity index (χ2v) is 13.6. The highest BCUT2D eigenvalue weighted by Crippen LogP contribution is 2.31. The van der Waals surface area contributed by atoms with Crippen molar-refractivity contribution in [2.24, 2.45) is 5.41 Å². The van der Waals surface area contributed by atoms with Crippen LogP contribution in [0.5, 0.6) is 0 Å². The van der Waals surface area contributed by atoms with Gasteiger partial charge in [0.15, 0.2) is 0 Å². The van der Waals surface area contributed by atoms with E-state index >= 15 is 0 Å². The number of carboxylic acid groups (broad SMARTS) is 1. The van der Waals surface area contributed by atoms with Crippen LogP contribution in [0.4, 0.5) is 16.3 Å². The van der Waals surface area contributed by atoms with Gasteiger partial charge in [0.1, 0.15) is 22.4 Å². The van der Waals surface area contributed by atoms with Gasteiger partial charge < -0.3 is 15.2 Å². The number of nitrogens with zero attached hydrogens (tertiary/aromatic N) is 3. The molecule has 2 unspecified atom stereocenters. The highest BCUT2D eigenvalue weighted by atomic mass is 32.2. The Balaban J connectivity index is 2.14. The van der Waals surface area contributed by atoms with Crippen LogP contribution in [0.3, 0.4) is 0 Å². The minimum absolute atomic E-state index is 0.0141. The third kappa shape index (κ3) is 8.49. The molecule has 0 saturated carbocycles. The summed E-state index contributed by atoms with van der Waals surface area (Å²) in [6.45, 7) is 10.2. The minimum Gasteiger partial charge on any atom is -0.480 e. The molecule has 42 heavy (non-hydrogen) atoms. The van der Waals surface area contributed by atoms with Crippen LogP contribution in [-0.4, -0.2) is 54.2 Å². The average Bonchev–Trinajstić information content (AvgIpc) is 2.90. The first-order chi connectivity index (χ1) is 19.5. The number of ether oxygens (including phenoxy) is 1. The zero-order valence-corrected chi connectivity index (χ0v) is 25.8. The Morgan fingerprint density at radius 3 is 2.19 bits per heavy atom. The van der Waals surface area contributed by atoms with Gasteiger partial charge >= 0.3 is 12.1 Å². The Hall–Kier alpha value is -4.03. The van der Waals surface area contributed by atoms with Crippen LogP contribution in [0.25, 0.3) is 0 Å². The number of carboxylic acids is 1. The summed E-state index contributed by atoms with van der Waals surface area (Å²) >= 11 is 0. The van der Waals surface area contributed by atoms with Gasteiger partial charge in [-0.3, -0.25) is 4.98 Å². The number of carbonyl (C=O) groups excluding carboxylic acids is 1. The topological polar surface area (TPSA) is 151 Å². The predicted octanol–water partition coefficient (Wildman–Crippen LogP) is 5.02. The lowest BCUT2D eigenvalue weighted by atomic mass is 9.85. The van der Waals surface area contributed by atoms with E-state index in [1.807, 2.05) is 24.3 Å². The molecule has 3 rings (SSSR count). The fourth-order valence-electron chi connectivity index (χ4n) is 4.29. The van der Waals surface area contributed by atoms with Crippen molar-refractivity contribution in [2.75, 3.05) is 17.3 Å². The number of rotatable bonds is 10. The second-order valence-electron chi connectivity index (χ2n) is 11.9. The van der Waals surface area contributed by atoms with Crippen LogP contribution in [0.2, 0.25) is 0 Å². The standard InChI is InChI=1S/C30H39N5O6S/c1-29(2,3)26(27(36)37)35(28(38)41-30(4,5)6)25-12-8-11-23(33-25)24(18-20-13-15-21(31-7)16-14-20)34-42(39,40)22-10-9-17-32-19-22/h8-17,19,24,26,31,34H,18H2,1-7H3,(H,36,37). The van der Waals surface area contributed by atoms with Crippen LogP contribution < -0.4 is 14.9 Å². The number of aromatic nitrogens is 2. The van der Waals surface area contributed by atoms with Crippen LogP contribution in [0, 0.1) is 5.41 Å². The molecule has 2 aromatic heterocycles. The number of hydrogen-bond acceptors (Lipinski definition) is 8. The molecule has 226 valence electrons. The van der Waals surface area contributed by atoms with Crippen molar-refractivity contribution in [2.45, 2.75) is 70.5 Å². The first-order valence-corrected chi connectivity index (χ1v) is 14.9. The van der Waals surface area contributed by atoms with Gasteiger partial charge in [0.2, 0.25) is 10.0 Å². The Bertz CT molecular complexity index is 1480. The van der Waals surface area contributed by atoms with Crippen molar-refractivity contribution in [3.8, 4) is 0 Å². The highest BCUT2D eigenvalue weighted by molar-refractivity contribution is 7.89.